The number of tetrazole rings is 1. The van der Waals surface area contributed by atoms with Crippen molar-refractivity contribution in [3.8, 4) is 11.4 Å². The standard InChI is InChI=1S/C24H23F4N5O3/c1-4-22(2,3)36-20(34)15-7-6-14(12-16(15)19-30-32-33-31-19)29-21(35)23(9-10-23)17-8-5-13(11-18(17)25)24(26,27)28/h5-8,11-12H,4,9-10H2,1-3H3,(H,29,35)(H,30,31,32,33). The van der Waals surface area contributed by atoms with Crippen molar-refractivity contribution >= 4 is 17.6 Å². The lowest BCUT2D eigenvalue weighted by Gasteiger charge is -2.24. The number of benzene rings is 2. The number of carbonyl (C=O) groups is 2. The number of amides is 1. The lowest BCUT2D eigenvalue weighted by atomic mass is 9.93. The summed E-state index contributed by atoms with van der Waals surface area (Å²) >= 11 is 0. The number of hydrogen-bond acceptors (Lipinski definition) is 6. The predicted octanol–water partition coefficient (Wildman–Crippen LogP) is 5.04. The topological polar surface area (TPSA) is 110 Å². The number of nitrogens with one attached hydrogen (secondary N) is 2. The van der Waals surface area contributed by atoms with E-state index < -0.39 is 40.4 Å². The maximum absolute atomic E-state index is 14.6. The highest BCUT2D eigenvalue weighted by molar-refractivity contribution is 6.03. The highest BCUT2D eigenvalue weighted by Gasteiger charge is 2.53. The van der Waals surface area contributed by atoms with Crippen LogP contribution in [0.3, 0.4) is 0 Å². The molecule has 0 aliphatic heterocycles. The number of anilines is 1. The number of aromatic nitrogens is 4. The number of carbonyl (C=O) groups excluding carboxylic acids is 2. The second kappa shape index (κ2) is 8.99. The number of alkyl halides is 3. The molecular formula is C24H23F4N5O3. The van der Waals surface area contributed by atoms with E-state index in [1.165, 1.54) is 18.2 Å². The van der Waals surface area contributed by atoms with Crippen LogP contribution in [0.5, 0.6) is 0 Å². The highest BCUT2D eigenvalue weighted by Crippen LogP contribution is 2.50. The first-order valence-corrected chi connectivity index (χ1v) is 11.2. The van der Waals surface area contributed by atoms with Crippen molar-refractivity contribution in [1.29, 1.82) is 0 Å². The van der Waals surface area contributed by atoms with Crippen molar-refractivity contribution < 1.29 is 31.9 Å². The number of aromatic amines is 1. The smallest absolute Gasteiger partial charge is 0.416 e. The summed E-state index contributed by atoms with van der Waals surface area (Å²) in [5.41, 5.74) is -2.55. The van der Waals surface area contributed by atoms with Gasteiger partial charge in [-0.15, -0.1) is 5.10 Å². The van der Waals surface area contributed by atoms with Crippen molar-refractivity contribution in [1.82, 2.24) is 20.6 Å². The van der Waals surface area contributed by atoms with Crippen molar-refractivity contribution in [3.05, 3.63) is 58.9 Å². The Balaban J connectivity index is 1.62. The molecule has 0 bridgehead atoms. The van der Waals surface area contributed by atoms with E-state index in [0.29, 0.717) is 12.5 Å². The van der Waals surface area contributed by atoms with Gasteiger partial charge in [-0.05, 0) is 73.9 Å². The maximum atomic E-state index is 14.6. The highest BCUT2D eigenvalue weighted by atomic mass is 19.4. The summed E-state index contributed by atoms with van der Waals surface area (Å²) in [7, 11) is 0. The third-order valence-corrected chi connectivity index (χ3v) is 6.31. The minimum Gasteiger partial charge on any atom is -0.456 e. The van der Waals surface area contributed by atoms with Gasteiger partial charge >= 0.3 is 12.1 Å². The lowest BCUT2D eigenvalue weighted by Crippen LogP contribution is -2.29. The van der Waals surface area contributed by atoms with E-state index in [2.05, 4.69) is 25.9 Å². The Morgan fingerprint density at radius 3 is 2.42 bits per heavy atom. The fourth-order valence-electron chi connectivity index (χ4n) is 3.72. The molecule has 1 saturated carbocycles. The van der Waals surface area contributed by atoms with Gasteiger partial charge in [0.25, 0.3) is 0 Å². The molecule has 0 atom stereocenters. The molecule has 2 aromatic carbocycles. The van der Waals surface area contributed by atoms with Crippen LogP contribution in [0.2, 0.25) is 0 Å². The number of halogens is 4. The quantitative estimate of drug-likeness (QED) is 0.344. The van der Waals surface area contributed by atoms with Crippen LogP contribution in [0.4, 0.5) is 23.2 Å². The molecule has 1 aliphatic rings. The number of nitrogens with zero attached hydrogens (tertiary/aromatic N) is 3. The van der Waals surface area contributed by atoms with Crippen LogP contribution < -0.4 is 5.32 Å². The minimum atomic E-state index is -4.69. The van der Waals surface area contributed by atoms with Gasteiger partial charge in [0.05, 0.1) is 16.5 Å². The van der Waals surface area contributed by atoms with Crippen LogP contribution in [0.25, 0.3) is 11.4 Å². The average molecular weight is 505 g/mol. The summed E-state index contributed by atoms with van der Waals surface area (Å²) < 4.78 is 58.9. The van der Waals surface area contributed by atoms with Crippen LogP contribution in [0.1, 0.15) is 61.5 Å². The molecule has 1 heterocycles. The lowest BCUT2D eigenvalue weighted by molar-refractivity contribution is -0.137. The SMILES string of the molecule is CCC(C)(C)OC(=O)c1ccc(NC(=O)C2(c3ccc(C(F)(F)F)cc3F)CC2)cc1-c1nnn[nH]1. The Kier molecular flexibility index (Phi) is 6.31. The van der Waals surface area contributed by atoms with Crippen LogP contribution in [0.15, 0.2) is 36.4 Å². The molecule has 8 nitrogen and oxygen atoms in total. The third kappa shape index (κ3) is 4.93. The third-order valence-electron chi connectivity index (χ3n) is 6.31. The van der Waals surface area contributed by atoms with Crippen LogP contribution >= 0.6 is 0 Å². The molecule has 1 aromatic heterocycles. The monoisotopic (exact) mass is 505 g/mol. The van der Waals surface area contributed by atoms with E-state index in [0.717, 1.165) is 12.1 Å². The number of esters is 1. The van der Waals surface area contributed by atoms with Gasteiger partial charge < -0.3 is 10.1 Å². The van der Waals surface area contributed by atoms with E-state index in [9.17, 15) is 27.2 Å². The number of rotatable bonds is 7. The van der Waals surface area contributed by atoms with Gasteiger partial charge in [0.15, 0.2) is 5.82 Å². The Morgan fingerprint density at radius 1 is 1.14 bits per heavy atom. The van der Waals surface area contributed by atoms with Crippen LogP contribution in [-0.4, -0.2) is 38.1 Å². The van der Waals surface area contributed by atoms with Crippen molar-refractivity contribution in [2.45, 2.75) is 57.2 Å². The molecular weight excluding hydrogens is 482 g/mol. The molecule has 1 fully saturated rings. The molecule has 0 spiro atoms. The molecule has 1 aliphatic carbocycles. The number of ether oxygens (including phenoxy) is 1. The van der Waals surface area contributed by atoms with Crippen LogP contribution in [0, 0.1) is 5.82 Å². The first-order chi connectivity index (χ1) is 16.9. The van der Waals surface area contributed by atoms with Crippen LogP contribution in [-0.2, 0) is 21.1 Å². The van der Waals surface area contributed by atoms with Gasteiger partial charge in [0.1, 0.15) is 11.4 Å². The van der Waals surface area contributed by atoms with Crippen molar-refractivity contribution in [2.75, 3.05) is 5.32 Å². The molecule has 1 amide bonds. The van der Waals surface area contributed by atoms with Gasteiger partial charge in [0.2, 0.25) is 5.91 Å². The van der Waals surface area contributed by atoms with E-state index in [1.807, 2.05) is 6.92 Å². The zero-order valence-corrected chi connectivity index (χ0v) is 19.7. The Hall–Kier alpha value is -3.83. The molecule has 36 heavy (non-hydrogen) atoms. The minimum absolute atomic E-state index is 0.102. The molecule has 3 aromatic rings. The van der Waals surface area contributed by atoms with Gasteiger partial charge in [-0.25, -0.2) is 14.3 Å². The van der Waals surface area contributed by atoms with Crippen molar-refractivity contribution in [2.24, 2.45) is 0 Å². The molecule has 190 valence electrons. The first-order valence-electron chi connectivity index (χ1n) is 11.2. The molecule has 0 saturated heterocycles. The Morgan fingerprint density at radius 2 is 1.86 bits per heavy atom. The van der Waals surface area contributed by atoms with E-state index in [4.69, 9.17) is 4.74 Å². The fraction of sp³-hybridized carbons (Fsp3) is 0.375. The zero-order chi connectivity index (χ0) is 26.3. The van der Waals surface area contributed by atoms with E-state index >= 15 is 0 Å². The van der Waals surface area contributed by atoms with Gasteiger partial charge in [-0.2, -0.15) is 13.2 Å². The number of hydrogen-bond donors (Lipinski definition) is 2. The zero-order valence-electron chi connectivity index (χ0n) is 19.7. The fourth-order valence-corrected chi connectivity index (χ4v) is 3.72. The molecule has 0 radical (unpaired) electrons. The van der Waals surface area contributed by atoms with Gasteiger partial charge in [0, 0.05) is 16.8 Å². The summed E-state index contributed by atoms with van der Waals surface area (Å²) in [4.78, 5) is 26.0. The molecule has 2 N–H and O–H groups in total. The second-order valence-electron chi connectivity index (χ2n) is 9.24. The average Bonchev–Trinajstić information content (AvgIpc) is 3.43. The summed E-state index contributed by atoms with van der Waals surface area (Å²) in [5, 5.41) is 16.1. The summed E-state index contributed by atoms with van der Waals surface area (Å²) in [5.74, 6) is -2.13. The van der Waals surface area contributed by atoms with E-state index in [1.54, 1.807) is 13.8 Å². The van der Waals surface area contributed by atoms with Crippen molar-refractivity contribution in [3.63, 3.8) is 0 Å². The predicted molar refractivity (Wildman–Crippen MR) is 120 cm³/mol. The van der Waals surface area contributed by atoms with E-state index in [-0.39, 0.29) is 41.0 Å². The largest absolute Gasteiger partial charge is 0.456 e. The van der Waals surface area contributed by atoms with Gasteiger partial charge in [-0.3, -0.25) is 4.79 Å². The molecule has 12 heteroatoms. The summed E-state index contributed by atoms with van der Waals surface area (Å²) in [6.45, 7) is 5.41. The molecule has 0 unspecified atom stereocenters. The second-order valence-corrected chi connectivity index (χ2v) is 9.24. The Bertz CT molecular complexity index is 1300. The maximum Gasteiger partial charge on any atom is 0.416 e. The number of H-pyrrole nitrogens is 1. The molecule has 4 rings (SSSR count). The normalized spacial score (nSPS) is 14.9. The van der Waals surface area contributed by atoms with Gasteiger partial charge in [-0.1, -0.05) is 13.0 Å². The summed E-state index contributed by atoms with van der Waals surface area (Å²) in [6, 6.07) is 6.55. The first kappa shape index (κ1) is 25.3. The Labute approximate surface area is 203 Å². The summed E-state index contributed by atoms with van der Waals surface area (Å²) in [6.07, 6.45) is -3.57.